The lowest BCUT2D eigenvalue weighted by Gasteiger charge is -2.17. The van der Waals surface area contributed by atoms with Crippen LogP contribution < -0.4 is 5.32 Å². The summed E-state index contributed by atoms with van der Waals surface area (Å²) in [6.45, 7) is 2.82. The summed E-state index contributed by atoms with van der Waals surface area (Å²) in [6, 6.07) is 26.6. The number of carbonyl (C=O) groups excluding carboxylic acids is 1. The van der Waals surface area contributed by atoms with E-state index < -0.39 is 0 Å². The summed E-state index contributed by atoms with van der Waals surface area (Å²) in [6.07, 6.45) is 0.981. The summed E-state index contributed by atoms with van der Waals surface area (Å²) in [4.78, 5) is 23.5. The highest BCUT2D eigenvalue weighted by Crippen LogP contribution is 2.25. The molecule has 0 bridgehead atoms. The molecule has 1 atom stereocenters. The zero-order valence-corrected chi connectivity index (χ0v) is 18.6. The minimum atomic E-state index is 0.0115. The van der Waals surface area contributed by atoms with Crippen LogP contribution in [-0.4, -0.2) is 39.9 Å². The summed E-state index contributed by atoms with van der Waals surface area (Å²) in [5.74, 6) is 0.700. The third kappa shape index (κ3) is 4.87. The molecule has 0 saturated carbocycles. The predicted molar refractivity (Wildman–Crippen MR) is 130 cm³/mol. The van der Waals surface area contributed by atoms with Crippen molar-refractivity contribution in [3.05, 3.63) is 95.6 Å². The maximum absolute atomic E-state index is 13.1. The fraction of sp³-hybridized carbons (Fsp3) is 0.231. The van der Waals surface area contributed by atoms with Gasteiger partial charge in [0, 0.05) is 37.0 Å². The number of H-pyrrole nitrogens is 1. The van der Waals surface area contributed by atoms with Crippen molar-refractivity contribution in [2.45, 2.75) is 29.9 Å². The molecule has 0 radical (unpaired) electrons. The molecule has 2 heterocycles. The Morgan fingerprint density at radius 1 is 1.03 bits per heavy atom. The van der Waals surface area contributed by atoms with Gasteiger partial charge < -0.3 is 10.3 Å². The second kappa shape index (κ2) is 9.59. The molecule has 1 fully saturated rings. The number of imidazole rings is 1. The average molecular weight is 443 g/mol. The molecule has 4 aromatic rings. The van der Waals surface area contributed by atoms with Crippen molar-refractivity contribution in [3.63, 3.8) is 0 Å². The molecule has 162 valence electrons. The van der Waals surface area contributed by atoms with Gasteiger partial charge in [-0.25, -0.2) is 4.98 Å². The van der Waals surface area contributed by atoms with Crippen LogP contribution in [-0.2, 0) is 12.3 Å². The second-order valence-corrected chi connectivity index (χ2v) is 9.15. The standard InChI is InChI=1S/C26H26N4OS/c31-25(27-21-14-15-30(17-21)16-19-8-2-1-3-9-19)22-11-5-4-10-20(22)18-32-26-28-23-12-6-7-13-24(23)29-26/h1-13,21H,14-18H2,(H,27,31)(H,28,29). The van der Waals surface area contributed by atoms with Crippen molar-refractivity contribution in [1.82, 2.24) is 20.2 Å². The van der Waals surface area contributed by atoms with Gasteiger partial charge in [0.15, 0.2) is 5.16 Å². The first-order valence-corrected chi connectivity index (χ1v) is 12.0. The third-order valence-corrected chi connectivity index (χ3v) is 6.77. The van der Waals surface area contributed by atoms with Crippen LogP contribution in [0.4, 0.5) is 0 Å². The van der Waals surface area contributed by atoms with Gasteiger partial charge in [0.25, 0.3) is 5.91 Å². The number of rotatable bonds is 7. The van der Waals surface area contributed by atoms with E-state index in [1.165, 1.54) is 5.56 Å². The number of thioether (sulfide) groups is 1. The lowest BCUT2D eigenvalue weighted by atomic mass is 10.1. The zero-order chi connectivity index (χ0) is 21.8. The van der Waals surface area contributed by atoms with E-state index in [0.29, 0.717) is 5.75 Å². The molecule has 1 amide bonds. The molecule has 1 unspecified atom stereocenters. The van der Waals surface area contributed by atoms with Crippen molar-refractivity contribution in [3.8, 4) is 0 Å². The van der Waals surface area contributed by atoms with Gasteiger partial charge in [0.2, 0.25) is 0 Å². The third-order valence-electron chi connectivity index (χ3n) is 5.85. The van der Waals surface area contributed by atoms with Gasteiger partial charge in [-0.15, -0.1) is 0 Å². The van der Waals surface area contributed by atoms with E-state index in [1.54, 1.807) is 11.8 Å². The molecule has 0 aliphatic carbocycles. The van der Waals surface area contributed by atoms with Crippen LogP contribution in [0.2, 0.25) is 0 Å². The van der Waals surface area contributed by atoms with Crippen molar-refractivity contribution >= 4 is 28.7 Å². The summed E-state index contributed by atoms with van der Waals surface area (Å²) in [5.41, 5.74) is 5.07. The summed E-state index contributed by atoms with van der Waals surface area (Å²) >= 11 is 1.62. The molecule has 5 nitrogen and oxygen atoms in total. The number of aromatic nitrogens is 2. The number of hydrogen-bond donors (Lipinski definition) is 2. The molecule has 1 aliphatic heterocycles. The first kappa shape index (κ1) is 20.8. The number of amides is 1. The molecular weight excluding hydrogens is 416 g/mol. The molecule has 2 N–H and O–H groups in total. The van der Waals surface area contributed by atoms with Crippen molar-refractivity contribution in [2.75, 3.05) is 13.1 Å². The Kier molecular flexibility index (Phi) is 6.23. The topological polar surface area (TPSA) is 61.0 Å². The SMILES string of the molecule is O=C(NC1CCN(Cc2ccccc2)C1)c1ccccc1CSc1nc2ccccc2[nH]1. The Balaban J connectivity index is 1.20. The summed E-state index contributed by atoms with van der Waals surface area (Å²) < 4.78 is 0. The molecule has 1 aromatic heterocycles. The van der Waals surface area contributed by atoms with E-state index in [4.69, 9.17) is 0 Å². The van der Waals surface area contributed by atoms with Gasteiger partial charge in [0.05, 0.1) is 11.0 Å². The second-order valence-electron chi connectivity index (χ2n) is 8.18. The number of likely N-dealkylation sites (tertiary alicyclic amines) is 1. The van der Waals surface area contributed by atoms with Gasteiger partial charge in [0.1, 0.15) is 0 Å². The Morgan fingerprint density at radius 2 is 1.81 bits per heavy atom. The molecule has 1 saturated heterocycles. The minimum Gasteiger partial charge on any atom is -0.348 e. The first-order valence-electron chi connectivity index (χ1n) is 11.0. The highest BCUT2D eigenvalue weighted by Gasteiger charge is 2.25. The van der Waals surface area contributed by atoms with Crippen LogP contribution in [0.15, 0.2) is 84.0 Å². The van der Waals surface area contributed by atoms with E-state index in [-0.39, 0.29) is 11.9 Å². The predicted octanol–water partition coefficient (Wildman–Crippen LogP) is 4.86. The highest BCUT2D eigenvalue weighted by atomic mass is 32.2. The quantitative estimate of drug-likeness (QED) is 0.401. The number of nitrogens with one attached hydrogen (secondary N) is 2. The molecule has 32 heavy (non-hydrogen) atoms. The fourth-order valence-electron chi connectivity index (χ4n) is 4.21. The number of hydrogen-bond acceptors (Lipinski definition) is 4. The first-order chi connectivity index (χ1) is 15.7. The van der Waals surface area contributed by atoms with E-state index in [2.05, 4.69) is 44.5 Å². The Bertz CT molecular complexity index is 1170. The Labute approximate surface area is 192 Å². The van der Waals surface area contributed by atoms with E-state index in [9.17, 15) is 4.79 Å². The fourth-order valence-corrected chi connectivity index (χ4v) is 5.10. The van der Waals surface area contributed by atoms with E-state index in [0.717, 1.165) is 53.4 Å². The maximum atomic E-state index is 13.1. The number of fused-ring (bicyclic) bond motifs is 1. The number of para-hydroxylation sites is 2. The minimum absolute atomic E-state index is 0.0115. The summed E-state index contributed by atoms with van der Waals surface area (Å²) in [5, 5.41) is 4.13. The van der Waals surface area contributed by atoms with Gasteiger partial charge in [-0.05, 0) is 35.7 Å². The lowest BCUT2D eigenvalue weighted by Crippen LogP contribution is -2.37. The normalized spacial score (nSPS) is 16.4. The Morgan fingerprint density at radius 3 is 2.69 bits per heavy atom. The van der Waals surface area contributed by atoms with Gasteiger partial charge in [-0.1, -0.05) is 72.4 Å². The van der Waals surface area contributed by atoms with E-state index >= 15 is 0 Å². The van der Waals surface area contributed by atoms with E-state index in [1.807, 2.05) is 54.6 Å². The van der Waals surface area contributed by atoms with Crippen molar-refractivity contribution in [2.24, 2.45) is 0 Å². The monoisotopic (exact) mass is 442 g/mol. The molecular formula is C26H26N4OS. The van der Waals surface area contributed by atoms with Crippen LogP contribution in [0.25, 0.3) is 11.0 Å². The summed E-state index contributed by atoms with van der Waals surface area (Å²) in [7, 11) is 0. The van der Waals surface area contributed by atoms with Crippen LogP contribution >= 0.6 is 11.8 Å². The maximum Gasteiger partial charge on any atom is 0.251 e. The van der Waals surface area contributed by atoms with Crippen LogP contribution in [0.3, 0.4) is 0 Å². The smallest absolute Gasteiger partial charge is 0.251 e. The molecule has 1 aliphatic rings. The number of carbonyl (C=O) groups is 1. The van der Waals surface area contributed by atoms with Gasteiger partial charge in [-0.2, -0.15) is 0 Å². The largest absolute Gasteiger partial charge is 0.348 e. The number of nitrogens with zero attached hydrogens (tertiary/aromatic N) is 2. The van der Waals surface area contributed by atoms with Crippen molar-refractivity contribution in [1.29, 1.82) is 0 Å². The molecule has 5 rings (SSSR count). The van der Waals surface area contributed by atoms with Crippen molar-refractivity contribution < 1.29 is 4.79 Å². The molecule has 6 heteroatoms. The molecule has 0 spiro atoms. The Hall–Kier alpha value is -3.09. The van der Waals surface area contributed by atoms with Crippen LogP contribution in [0, 0.1) is 0 Å². The lowest BCUT2D eigenvalue weighted by molar-refractivity contribution is 0.0937. The number of aromatic amines is 1. The van der Waals surface area contributed by atoms with Gasteiger partial charge in [-0.3, -0.25) is 9.69 Å². The van der Waals surface area contributed by atoms with Crippen LogP contribution in [0.5, 0.6) is 0 Å². The average Bonchev–Trinajstić information content (AvgIpc) is 3.44. The van der Waals surface area contributed by atoms with Gasteiger partial charge >= 0.3 is 0 Å². The number of benzene rings is 3. The van der Waals surface area contributed by atoms with Crippen LogP contribution in [0.1, 0.15) is 27.9 Å². The zero-order valence-electron chi connectivity index (χ0n) is 17.8. The molecule has 3 aromatic carbocycles. The highest BCUT2D eigenvalue weighted by molar-refractivity contribution is 7.98.